The number of fused-ring (bicyclic) bond motifs is 1. The van der Waals surface area contributed by atoms with Crippen LogP contribution in [0.15, 0.2) is 66.9 Å². The summed E-state index contributed by atoms with van der Waals surface area (Å²) in [6.45, 7) is 0. The Kier molecular flexibility index (Phi) is 4.20. The maximum atomic E-state index is 11.9. The third kappa shape index (κ3) is 3.14. The van der Waals surface area contributed by atoms with Crippen LogP contribution in [0.25, 0.3) is 28.1 Å². The number of likely N-dealkylation sites (N-methyl/N-ethyl adjacent to an activating group) is 1. The van der Waals surface area contributed by atoms with E-state index in [1.165, 1.54) is 0 Å². The minimum Gasteiger partial charge on any atom is -0.345 e. The van der Waals surface area contributed by atoms with Crippen LogP contribution >= 0.6 is 0 Å². The van der Waals surface area contributed by atoms with Crippen molar-refractivity contribution in [3.05, 3.63) is 72.4 Å². The molecular weight excluding hydrogens is 284 g/mol. The van der Waals surface area contributed by atoms with E-state index in [1.807, 2.05) is 60.8 Å². The number of hydrogen-bond acceptors (Lipinski definition) is 2. The molecule has 1 aromatic heterocycles. The van der Waals surface area contributed by atoms with Crippen molar-refractivity contribution in [2.75, 3.05) is 14.1 Å². The van der Waals surface area contributed by atoms with Gasteiger partial charge in [-0.05, 0) is 11.5 Å². The molecule has 0 aliphatic heterocycles. The zero-order valence-electron chi connectivity index (χ0n) is 13.2. The van der Waals surface area contributed by atoms with Crippen LogP contribution in [0.1, 0.15) is 5.56 Å². The number of nitrogens with zero attached hydrogens (tertiary/aromatic N) is 2. The quantitative estimate of drug-likeness (QED) is 0.685. The summed E-state index contributed by atoms with van der Waals surface area (Å²) in [4.78, 5) is 18.1. The Hall–Kier alpha value is -2.94. The third-order valence-electron chi connectivity index (χ3n) is 3.72. The smallest absolute Gasteiger partial charge is 0.246 e. The van der Waals surface area contributed by atoms with Crippen LogP contribution in [-0.4, -0.2) is 29.9 Å². The van der Waals surface area contributed by atoms with Crippen molar-refractivity contribution < 1.29 is 4.79 Å². The molecule has 0 atom stereocenters. The predicted octanol–water partition coefficient (Wildman–Crippen LogP) is 4.00. The molecule has 1 amide bonds. The molecule has 3 aromatic rings. The summed E-state index contributed by atoms with van der Waals surface area (Å²) in [6.07, 6.45) is 5.33. The van der Waals surface area contributed by atoms with E-state index >= 15 is 0 Å². The van der Waals surface area contributed by atoms with Crippen LogP contribution < -0.4 is 0 Å². The Balaban J connectivity index is 2.20. The Bertz CT molecular complexity index is 867. The highest BCUT2D eigenvalue weighted by Crippen LogP contribution is 2.29. The third-order valence-corrected chi connectivity index (χ3v) is 3.72. The number of carbonyl (C=O) groups excluding carboxylic acids is 1. The largest absolute Gasteiger partial charge is 0.345 e. The maximum absolute atomic E-state index is 11.9. The molecule has 0 bridgehead atoms. The highest BCUT2D eigenvalue weighted by Gasteiger charge is 2.09. The van der Waals surface area contributed by atoms with E-state index in [2.05, 4.69) is 11.1 Å². The fourth-order valence-electron chi connectivity index (χ4n) is 2.48. The van der Waals surface area contributed by atoms with Gasteiger partial charge in [-0.25, -0.2) is 0 Å². The van der Waals surface area contributed by atoms with Crippen molar-refractivity contribution in [3.8, 4) is 11.3 Å². The summed E-state index contributed by atoms with van der Waals surface area (Å²) in [5, 5.41) is 2.15. The minimum absolute atomic E-state index is 0.0445. The second-order valence-electron chi connectivity index (χ2n) is 5.54. The summed E-state index contributed by atoms with van der Waals surface area (Å²) in [6, 6.07) is 18.1. The SMILES string of the molecule is CN(C)C(=O)/C=C/c1c(-c2ccccc2)ncc2ccccc12. The lowest BCUT2D eigenvalue weighted by Crippen LogP contribution is -2.18. The van der Waals surface area contributed by atoms with Crippen LogP contribution in [0.5, 0.6) is 0 Å². The molecule has 3 heteroatoms. The molecular formula is C20H18N2O. The predicted molar refractivity (Wildman–Crippen MR) is 94.9 cm³/mol. The van der Waals surface area contributed by atoms with Crippen LogP contribution in [-0.2, 0) is 4.79 Å². The van der Waals surface area contributed by atoms with Gasteiger partial charge in [-0.1, -0.05) is 54.6 Å². The number of benzene rings is 2. The van der Waals surface area contributed by atoms with Crippen molar-refractivity contribution in [2.45, 2.75) is 0 Å². The van der Waals surface area contributed by atoms with Gasteiger partial charge in [0.1, 0.15) is 0 Å². The lowest BCUT2D eigenvalue weighted by molar-refractivity contribution is -0.123. The lowest BCUT2D eigenvalue weighted by Gasteiger charge is -2.10. The van der Waals surface area contributed by atoms with Gasteiger partial charge in [-0.15, -0.1) is 0 Å². The Morgan fingerprint density at radius 2 is 1.70 bits per heavy atom. The molecule has 0 saturated heterocycles. The van der Waals surface area contributed by atoms with Gasteiger partial charge in [-0.3, -0.25) is 9.78 Å². The number of aromatic nitrogens is 1. The molecule has 0 saturated carbocycles. The summed E-state index contributed by atoms with van der Waals surface area (Å²) in [7, 11) is 3.48. The van der Waals surface area contributed by atoms with Gasteiger partial charge in [0.25, 0.3) is 0 Å². The van der Waals surface area contributed by atoms with E-state index in [4.69, 9.17) is 0 Å². The fraction of sp³-hybridized carbons (Fsp3) is 0.100. The van der Waals surface area contributed by atoms with Crippen LogP contribution in [0, 0.1) is 0 Å². The first-order valence-electron chi connectivity index (χ1n) is 7.49. The molecule has 0 fully saturated rings. The molecule has 114 valence electrons. The zero-order chi connectivity index (χ0) is 16.2. The molecule has 0 aliphatic carbocycles. The van der Waals surface area contributed by atoms with Gasteiger partial charge < -0.3 is 4.90 Å². The van der Waals surface area contributed by atoms with E-state index in [9.17, 15) is 4.79 Å². The Morgan fingerprint density at radius 1 is 1.00 bits per heavy atom. The van der Waals surface area contributed by atoms with Gasteiger partial charge in [0, 0.05) is 42.9 Å². The highest BCUT2D eigenvalue weighted by atomic mass is 16.2. The molecule has 23 heavy (non-hydrogen) atoms. The van der Waals surface area contributed by atoms with Crippen LogP contribution in [0.4, 0.5) is 0 Å². The first-order chi connectivity index (χ1) is 11.2. The number of amides is 1. The van der Waals surface area contributed by atoms with E-state index < -0.39 is 0 Å². The van der Waals surface area contributed by atoms with Gasteiger partial charge in [0.2, 0.25) is 5.91 Å². The molecule has 0 N–H and O–H groups in total. The lowest BCUT2D eigenvalue weighted by atomic mass is 9.99. The summed E-state index contributed by atoms with van der Waals surface area (Å²) in [5.74, 6) is -0.0445. The first kappa shape index (κ1) is 15.0. The zero-order valence-corrected chi connectivity index (χ0v) is 13.2. The molecule has 2 aromatic carbocycles. The van der Waals surface area contributed by atoms with E-state index in [0.717, 1.165) is 27.6 Å². The van der Waals surface area contributed by atoms with Crippen LogP contribution in [0.3, 0.4) is 0 Å². The fourth-order valence-corrected chi connectivity index (χ4v) is 2.48. The number of hydrogen-bond donors (Lipinski definition) is 0. The van der Waals surface area contributed by atoms with Gasteiger partial charge in [0.05, 0.1) is 5.69 Å². The van der Waals surface area contributed by atoms with E-state index in [1.54, 1.807) is 25.1 Å². The van der Waals surface area contributed by atoms with Crippen molar-refractivity contribution in [3.63, 3.8) is 0 Å². The monoisotopic (exact) mass is 302 g/mol. The Labute approximate surface area is 135 Å². The number of rotatable bonds is 3. The Morgan fingerprint density at radius 3 is 2.43 bits per heavy atom. The highest BCUT2D eigenvalue weighted by molar-refractivity contribution is 5.99. The van der Waals surface area contributed by atoms with Gasteiger partial charge in [-0.2, -0.15) is 0 Å². The molecule has 0 radical (unpaired) electrons. The summed E-state index contributed by atoms with van der Waals surface area (Å²) < 4.78 is 0. The van der Waals surface area contributed by atoms with E-state index in [-0.39, 0.29) is 5.91 Å². The standard InChI is InChI=1S/C20H18N2O/c1-22(2)19(23)13-12-18-17-11-7-6-10-16(17)14-21-20(18)15-8-4-3-5-9-15/h3-14H,1-2H3/b13-12+. The maximum Gasteiger partial charge on any atom is 0.246 e. The molecule has 3 nitrogen and oxygen atoms in total. The normalized spacial score (nSPS) is 11.0. The second kappa shape index (κ2) is 6.44. The average Bonchev–Trinajstić information content (AvgIpc) is 2.59. The molecule has 0 unspecified atom stereocenters. The van der Waals surface area contributed by atoms with Gasteiger partial charge in [0.15, 0.2) is 0 Å². The van der Waals surface area contributed by atoms with E-state index in [0.29, 0.717) is 0 Å². The topological polar surface area (TPSA) is 33.2 Å². The van der Waals surface area contributed by atoms with Crippen molar-refractivity contribution in [1.82, 2.24) is 9.88 Å². The van der Waals surface area contributed by atoms with Gasteiger partial charge >= 0.3 is 0 Å². The first-order valence-corrected chi connectivity index (χ1v) is 7.49. The van der Waals surface area contributed by atoms with Crippen molar-refractivity contribution in [1.29, 1.82) is 0 Å². The summed E-state index contributed by atoms with van der Waals surface area (Å²) >= 11 is 0. The molecule has 3 rings (SSSR count). The molecule has 0 aliphatic rings. The van der Waals surface area contributed by atoms with Crippen molar-refractivity contribution in [2.24, 2.45) is 0 Å². The second-order valence-corrected chi connectivity index (χ2v) is 5.54. The average molecular weight is 302 g/mol. The molecule has 0 spiro atoms. The molecule has 1 heterocycles. The number of carbonyl (C=O) groups is 1. The number of pyridine rings is 1. The minimum atomic E-state index is -0.0445. The van der Waals surface area contributed by atoms with Crippen LogP contribution in [0.2, 0.25) is 0 Å². The van der Waals surface area contributed by atoms with Crippen molar-refractivity contribution >= 4 is 22.8 Å². The summed E-state index contributed by atoms with van der Waals surface area (Å²) in [5.41, 5.74) is 2.88.